The van der Waals surface area contributed by atoms with Crippen LogP contribution in [0.15, 0.2) is 53.5 Å². The lowest BCUT2D eigenvalue weighted by molar-refractivity contribution is -0.384. The highest BCUT2D eigenvalue weighted by Crippen LogP contribution is 2.26. The third-order valence-electron chi connectivity index (χ3n) is 3.55. The molecule has 2 aromatic carbocycles. The molecule has 136 valence electrons. The summed E-state index contributed by atoms with van der Waals surface area (Å²) in [7, 11) is 0. The van der Waals surface area contributed by atoms with Crippen LogP contribution < -0.4 is 11.1 Å². The predicted octanol–water partition coefficient (Wildman–Crippen LogP) is 3.56. The van der Waals surface area contributed by atoms with Crippen molar-refractivity contribution in [3.05, 3.63) is 74.8 Å². The molecule has 0 aliphatic rings. The maximum atomic E-state index is 11.8. The highest BCUT2D eigenvalue weighted by atomic mass is 35.5. The average Bonchev–Trinajstić information content (AvgIpc) is 3.05. The van der Waals surface area contributed by atoms with Gasteiger partial charge in [-0.3, -0.25) is 20.0 Å². The first-order chi connectivity index (χ1) is 12.9. The Balaban J connectivity index is 1.85. The molecule has 0 atom stereocenters. The molecule has 0 radical (unpaired) electrons. The van der Waals surface area contributed by atoms with E-state index in [0.717, 1.165) is 0 Å². The van der Waals surface area contributed by atoms with E-state index < -0.39 is 10.8 Å². The van der Waals surface area contributed by atoms with Crippen LogP contribution in [0.25, 0.3) is 0 Å². The van der Waals surface area contributed by atoms with Gasteiger partial charge in [0, 0.05) is 29.1 Å². The number of primary amides is 1. The SMILES string of the molecule is NC(=O)c1c(N=Cc2ccc([N+](=O)[O-])cc2)n[nH]c1Nc1ccc(Cl)cc1. The lowest BCUT2D eigenvalue weighted by Gasteiger charge is -2.05. The second-order valence-corrected chi connectivity index (χ2v) is 5.84. The third kappa shape index (κ3) is 4.28. The number of H-pyrrole nitrogens is 1. The number of carbonyl (C=O) groups excluding carboxylic acids is 1. The minimum Gasteiger partial charge on any atom is -0.365 e. The lowest BCUT2D eigenvalue weighted by atomic mass is 10.2. The molecule has 1 aromatic heterocycles. The van der Waals surface area contributed by atoms with Gasteiger partial charge in [-0.05, 0) is 42.0 Å². The van der Waals surface area contributed by atoms with Crippen molar-refractivity contribution >= 4 is 46.7 Å². The highest BCUT2D eigenvalue weighted by Gasteiger charge is 2.18. The number of nitrogens with two attached hydrogens (primary N) is 1. The normalized spacial score (nSPS) is 10.9. The number of nitrogens with zero attached hydrogens (tertiary/aromatic N) is 3. The quantitative estimate of drug-likeness (QED) is 0.338. The van der Waals surface area contributed by atoms with E-state index in [2.05, 4.69) is 20.5 Å². The number of aromatic nitrogens is 2. The number of hydrogen-bond donors (Lipinski definition) is 3. The van der Waals surface area contributed by atoms with Gasteiger partial charge in [-0.2, -0.15) is 5.10 Å². The molecule has 0 aliphatic heterocycles. The molecule has 0 aliphatic carbocycles. The van der Waals surface area contributed by atoms with E-state index in [0.29, 0.717) is 22.1 Å². The van der Waals surface area contributed by atoms with E-state index in [-0.39, 0.29) is 17.1 Å². The Morgan fingerprint density at radius 3 is 2.48 bits per heavy atom. The number of anilines is 2. The van der Waals surface area contributed by atoms with Crippen LogP contribution in [-0.2, 0) is 0 Å². The standard InChI is InChI=1S/C17H13ClN6O3/c18-11-3-5-12(6-4-11)21-17-14(15(19)25)16(22-23-17)20-9-10-1-7-13(8-2-10)24(26)27/h1-9H,(H2,19,25)(H2,21,22,23). The van der Waals surface area contributed by atoms with Gasteiger partial charge in [0.15, 0.2) is 5.82 Å². The van der Waals surface area contributed by atoms with Crippen LogP contribution in [-0.4, -0.2) is 27.2 Å². The molecule has 0 fully saturated rings. The summed E-state index contributed by atoms with van der Waals surface area (Å²) in [6.45, 7) is 0. The summed E-state index contributed by atoms with van der Waals surface area (Å²) in [5, 5.41) is 20.9. The van der Waals surface area contributed by atoms with E-state index in [4.69, 9.17) is 17.3 Å². The fourth-order valence-electron chi connectivity index (χ4n) is 2.25. The largest absolute Gasteiger partial charge is 0.365 e. The Morgan fingerprint density at radius 2 is 1.89 bits per heavy atom. The summed E-state index contributed by atoms with van der Waals surface area (Å²) < 4.78 is 0. The van der Waals surface area contributed by atoms with Gasteiger partial charge >= 0.3 is 0 Å². The maximum Gasteiger partial charge on any atom is 0.269 e. The van der Waals surface area contributed by atoms with Crippen LogP contribution in [0.4, 0.5) is 23.0 Å². The van der Waals surface area contributed by atoms with Crippen molar-refractivity contribution in [1.29, 1.82) is 0 Å². The number of nitro benzene ring substituents is 1. The number of carbonyl (C=O) groups is 1. The fourth-order valence-corrected chi connectivity index (χ4v) is 2.37. The summed E-state index contributed by atoms with van der Waals surface area (Å²) in [5.41, 5.74) is 6.79. The number of hydrogen-bond acceptors (Lipinski definition) is 6. The van der Waals surface area contributed by atoms with Gasteiger partial charge in [0.05, 0.1) is 4.92 Å². The number of benzene rings is 2. The maximum absolute atomic E-state index is 11.8. The predicted molar refractivity (Wildman–Crippen MR) is 102 cm³/mol. The molecule has 4 N–H and O–H groups in total. The first-order valence-corrected chi connectivity index (χ1v) is 8.01. The fraction of sp³-hybridized carbons (Fsp3) is 0. The van der Waals surface area contributed by atoms with Crippen molar-refractivity contribution in [2.24, 2.45) is 10.7 Å². The monoisotopic (exact) mass is 384 g/mol. The van der Waals surface area contributed by atoms with Crippen LogP contribution in [0.5, 0.6) is 0 Å². The number of aliphatic imine (C=N–C) groups is 1. The Labute approximate surface area is 158 Å². The Bertz CT molecular complexity index is 1010. The molecule has 0 spiro atoms. The van der Waals surface area contributed by atoms with Gasteiger partial charge < -0.3 is 11.1 Å². The van der Waals surface area contributed by atoms with Crippen molar-refractivity contribution in [3.63, 3.8) is 0 Å². The molecule has 10 heteroatoms. The first kappa shape index (κ1) is 18.1. The van der Waals surface area contributed by atoms with E-state index >= 15 is 0 Å². The molecule has 3 aromatic rings. The number of rotatable bonds is 6. The minimum absolute atomic E-state index is 0.0285. The van der Waals surface area contributed by atoms with Crippen molar-refractivity contribution in [2.75, 3.05) is 5.32 Å². The summed E-state index contributed by atoms with van der Waals surface area (Å²) in [6.07, 6.45) is 1.43. The molecule has 0 saturated carbocycles. The smallest absolute Gasteiger partial charge is 0.269 e. The topological polar surface area (TPSA) is 139 Å². The Kier molecular flexibility index (Phi) is 5.13. The van der Waals surface area contributed by atoms with Crippen LogP contribution in [0, 0.1) is 10.1 Å². The lowest BCUT2D eigenvalue weighted by Crippen LogP contribution is -2.12. The number of non-ortho nitro benzene ring substituents is 1. The molecule has 9 nitrogen and oxygen atoms in total. The Morgan fingerprint density at radius 1 is 1.22 bits per heavy atom. The second kappa shape index (κ2) is 7.67. The minimum atomic E-state index is -0.712. The molecule has 0 unspecified atom stereocenters. The molecular formula is C17H13ClN6O3. The number of aromatic amines is 1. The zero-order valence-electron chi connectivity index (χ0n) is 13.7. The van der Waals surface area contributed by atoms with Gasteiger partial charge in [0.1, 0.15) is 11.4 Å². The molecule has 3 rings (SSSR count). The zero-order valence-corrected chi connectivity index (χ0v) is 14.5. The molecule has 0 bridgehead atoms. The number of nitro groups is 1. The molecule has 1 amide bonds. The van der Waals surface area contributed by atoms with Crippen LogP contribution in [0.2, 0.25) is 5.02 Å². The van der Waals surface area contributed by atoms with E-state index in [1.807, 2.05) is 0 Å². The molecule has 0 saturated heterocycles. The summed E-state index contributed by atoms with van der Waals surface area (Å²) >= 11 is 5.85. The van der Waals surface area contributed by atoms with Crippen LogP contribution in [0.3, 0.4) is 0 Å². The molecule has 1 heterocycles. The third-order valence-corrected chi connectivity index (χ3v) is 3.80. The average molecular weight is 385 g/mol. The van der Waals surface area contributed by atoms with Crippen LogP contribution >= 0.6 is 11.6 Å². The molecular weight excluding hydrogens is 372 g/mol. The highest BCUT2D eigenvalue weighted by molar-refractivity contribution is 6.30. The van der Waals surface area contributed by atoms with E-state index in [1.54, 1.807) is 24.3 Å². The number of nitrogens with one attached hydrogen (secondary N) is 2. The van der Waals surface area contributed by atoms with Gasteiger partial charge in [-0.15, -0.1) is 0 Å². The Hall–Kier alpha value is -3.72. The number of amides is 1. The van der Waals surface area contributed by atoms with Crippen LogP contribution in [0.1, 0.15) is 15.9 Å². The van der Waals surface area contributed by atoms with E-state index in [9.17, 15) is 14.9 Å². The second-order valence-electron chi connectivity index (χ2n) is 5.40. The molecule has 27 heavy (non-hydrogen) atoms. The van der Waals surface area contributed by atoms with Gasteiger partial charge in [0.2, 0.25) is 0 Å². The van der Waals surface area contributed by atoms with Crippen molar-refractivity contribution in [3.8, 4) is 0 Å². The van der Waals surface area contributed by atoms with Gasteiger partial charge in [-0.25, -0.2) is 4.99 Å². The van der Waals surface area contributed by atoms with Gasteiger partial charge in [0.25, 0.3) is 11.6 Å². The first-order valence-electron chi connectivity index (χ1n) is 7.63. The number of halogens is 1. The van der Waals surface area contributed by atoms with Gasteiger partial charge in [-0.1, -0.05) is 11.6 Å². The summed E-state index contributed by atoms with van der Waals surface area (Å²) in [5.74, 6) is -0.325. The van der Waals surface area contributed by atoms with E-state index in [1.165, 1.54) is 30.5 Å². The summed E-state index contributed by atoms with van der Waals surface area (Å²) in [6, 6.07) is 12.6. The van der Waals surface area contributed by atoms with Crippen molar-refractivity contribution in [1.82, 2.24) is 10.2 Å². The van der Waals surface area contributed by atoms with Crippen molar-refractivity contribution in [2.45, 2.75) is 0 Å². The zero-order chi connectivity index (χ0) is 19.4. The van der Waals surface area contributed by atoms with Crippen molar-refractivity contribution < 1.29 is 9.72 Å². The summed E-state index contributed by atoms with van der Waals surface area (Å²) in [4.78, 5) is 26.2.